The number of amides is 1. The summed E-state index contributed by atoms with van der Waals surface area (Å²) in [5, 5.41) is 8.87. The van der Waals surface area contributed by atoms with Crippen molar-refractivity contribution in [1.29, 1.82) is 0 Å². The Morgan fingerprint density at radius 2 is 2.30 bits per heavy atom. The topological polar surface area (TPSA) is 70.8 Å². The predicted octanol–water partition coefficient (Wildman–Crippen LogP) is 3.01. The van der Waals surface area contributed by atoms with Crippen LogP contribution < -0.4 is 0 Å². The minimum Gasteiger partial charge on any atom is -0.481 e. The number of carboxylic acid groups (broad SMARTS) is 1. The number of carbonyl (C=O) groups excluding carboxylic acids is 1. The quantitative estimate of drug-likeness (QED) is 0.912. The summed E-state index contributed by atoms with van der Waals surface area (Å²) in [4.78, 5) is 24.9. The number of carbonyl (C=O) groups is 2. The summed E-state index contributed by atoms with van der Waals surface area (Å²) in [6.45, 7) is 3.25. The normalized spacial score (nSPS) is 20.7. The average Bonchev–Trinajstić information content (AvgIpc) is 2.84. The van der Waals surface area contributed by atoms with Crippen LogP contribution in [0, 0.1) is 11.8 Å². The first-order valence-corrected chi connectivity index (χ1v) is 7.53. The van der Waals surface area contributed by atoms with Crippen LogP contribution in [0.15, 0.2) is 21.2 Å². The molecule has 110 valence electrons. The second-order valence-corrected chi connectivity index (χ2v) is 6.11. The number of rotatable bonds is 4. The van der Waals surface area contributed by atoms with Crippen molar-refractivity contribution in [2.45, 2.75) is 26.2 Å². The van der Waals surface area contributed by atoms with E-state index in [1.54, 1.807) is 17.0 Å². The van der Waals surface area contributed by atoms with Gasteiger partial charge in [0.1, 0.15) is 0 Å². The maximum absolute atomic E-state index is 12.3. The second-order valence-electron chi connectivity index (χ2n) is 5.33. The van der Waals surface area contributed by atoms with E-state index in [1.165, 1.54) is 0 Å². The molecular weight excluding hydrogens is 326 g/mol. The number of hydrogen-bond acceptors (Lipinski definition) is 3. The lowest BCUT2D eigenvalue weighted by molar-refractivity contribution is -0.138. The average molecular weight is 344 g/mol. The maximum atomic E-state index is 12.3. The maximum Gasteiger partial charge on any atom is 0.303 e. The van der Waals surface area contributed by atoms with Gasteiger partial charge in [-0.2, -0.15) is 0 Å². The third-order valence-electron chi connectivity index (χ3n) is 3.83. The fourth-order valence-corrected chi connectivity index (χ4v) is 2.99. The van der Waals surface area contributed by atoms with Gasteiger partial charge in [0.15, 0.2) is 10.4 Å². The van der Waals surface area contributed by atoms with E-state index < -0.39 is 5.97 Å². The fraction of sp³-hybridized carbons (Fsp3) is 0.571. The van der Waals surface area contributed by atoms with Gasteiger partial charge < -0.3 is 14.4 Å². The molecule has 1 aliphatic heterocycles. The molecule has 0 radical (unpaired) electrons. The fourth-order valence-electron chi connectivity index (χ4n) is 2.69. The highest BCUT2D eigenvalue weighted by Crippen LogP contribution is 2.27. The van der Waals surface area contributed by atoms with E-state index in [2.05, 4.69) is 15.9 Å². The minimum absolute atomic E-state index is 0.0754. The summed E-state index contributed by atoms with van der Waals surface area (Å²) < 4.78 is 5.83. The van der Waals surface area contributed by atoms with Crippen LogP contribution >= 0.6 is 15.9 Å². The second kappa shape index (κ2) is 6.43. The van der Waals surface area contributed by atoms with Crippen LogP contribution in [0.25, 0.3) is 0 Å². The molecule has 1 N–H and O–H groups in total. The van der Waals surface area contributed by atoms with Crippen molar-refractivity contribution in [2.75, 3.05) is 13.1 Å². The van der Waals surface area contributed by atoms with Gasteiger partial charge in [-0.15, -0.1) is 0 Å². The van der Waals surface area contributed by atoms with Crippen molar-refractivity contribution in [2.24, 2.45) is 11.8 Å². The Labute approximate surface area is 126 Å². The van der Waals surface area contributed by atoms with Gasteiger partial charge in [0.25, 0.3) is 5.91 Å². The molecule has 1 aliphatic rings. The van der Waals surface area contributed by atoms with Crippen LogP contribution in [0.5, 0.6) is 0 Å². The molecule has 1 saturated heterocycles. The molecule has 20 heavy (non-hydrogen) atoms. The molecule has 2 heterocycles. The van der Waals surface area contributed by atoms with Crippen LogP contribution in [-0.2, 0) is 4.79 Å². The number of nitrogens with zero attached hydrogens (tertiary/aromatic N) is 1. The molecule has 6 heteroatoms. The van der Waals surface area contributed by atoms with Gasteiger partial charge in [-0.05, 0) is 52.7 Å². The van der Waals surface area contributed by atoms with Gasteiger partial charge >= 0.3 is 5.97 Å². The van der Waals surface area contributed by atoms with Crippen LogP contribution in [0.4, 0.5) is 0 Å². The smallest absolute Gasteiger partial charge is 0.303 e. The Morgan fingerprint density at radius 1 is 1.55 bits per heavy atom. The number of furan rings is 1. The summed E-state index contributed by atoms with van der Waals surface area (Å²) in [7, 11) is 0. The van der Waals surface area contributed by atoms with Crippen molar-refractivity contribution >= 4 is 27.8 Å². The lowest BCUT2D eigenvalue weighted by Crippen LogP contribution is -2.41. The van der Waals surface area contributed by atoms with E-state index in [0.717, 1.165) is 12.8 Å². The van der Waals surface area contributed by atoms with Crippen molar-refractivity contribution in [1.82, 2.24) is 4.90 Å². The number of aliphatic carboxylic acids is 1. The van der Waals surface area contributed by atoms with Crippen molar-refractivity contribution < 1.29 is 19.1 Å². The molecule has 0 spiro atoms. The third-order valence-corrected chi connectivity index (χ3v) is 4.26. The van der Waals surface area contributed by atoms with Crippen LogP contribution in [-0.4, -0.2) is 35.0 Å². The largest absolute Gasteiger partial charge is 0.481 e. The Bertz CT molecular complexity index is 499. The Balaban J connectivity index is 1.99. The summed E-state index contributed by atoms with van der Waals surface area (Å²) in [6, 6.07) is 3.35. The first-order chi connectivity index (χ1) is 9.47. The molecule has 1 aromatic heterocycles. The molecular formula is C14H18BrNO4. The zero-order valence-electron chi connectivity index (χ0n) is 11.3. The van der Waals surface area contributed by atoms with Gasteiger partial charge in [0.05, 0.1) is 0 Å². The van der Waals surface area contributed by atoms with Crippen molar-refractivity contribution in [3.05, 3.63) is 22.6 Å². The summed E-state index contributed by atoms with van der Waals surface area (Å²) >= 11 is 3.18. The number of hydrogen-bond donors (Lipinski definition) is 1. The van der Waals surface area contributed by atoms with E-state index in [9.17, 15) is 9.59 Å². The zero-order valence-corrected chi connectivity index (χ0v) is 12.9. The number of likely N-dealkylation sites (tertiary alicyclic amines) is 1. The van der Waals surface area contributed by atoms with Gasteiger partial charge in [-0.1, -0.05) is 6.92 Å². The highest BCUT2D eigenvalue weighted by Gasteiger charge is 2.29. The van der Waals surface area contributed by atoms with Gasteiger partial charge in [-0.25, -0.2) is 0 Å². The molecule has 2 unspecified atom stereocenters. The van der Waals surface area contributed by atoms with Crippen LogP contribution in [0.2, 0.25) is 0 Å². The predicted molar refractivity (Wildman–Crippen MR) is 76.5 cm³/mol. The molecule has 1 amide bonds. The Kier molecular flexibility index (Phi) is 4.86. The molecule has 2 atom stereocenters. The molecule has 5 nitrogen and oxygen atoms in total. The van der Waals surface area contributed by atoms with E-state index >= 15 is 0 Å². The number of halogens is 1. The van der Waals surface area contributed by atoms with E-state index in [0.29, 0.717) is 23.5 Å². The summed E-state index contributed by atoms with van der Waals surface area (Å²) in [5.41, 5.74) is 0. The number of carboxylic acids is 1. The highest BCUT2D eigenvalue weighted by molar-refractivity contribution is 9.10. The van der Waals surface area contributed by atoms with E-state index in [4.69, 9.17) is 9.52 Å². The van der Waals surface area contributed by atoms with Gasteiger partial charge in [-0.3, -0.25) is 9.59 Å². The SMILES string of the molecule is CC(CC(=O)O)C1CCCN(C(=O)c2ccc(Br)o2)C1. The molecule has 2 rings (SSSR count). The molecule has 0 bridgehead atoms. The monoisotopic (exact) mass is 343 g/mol. The zero-order chi connectivity index (χ0) is 14.7. The van der Waals surface area contributed by atoms with Crippen molar-refractivity contribution in [3.8, 4) is 0 Å². The third kappa shape index (κ3) is 3.62. The van der Waals surface area contributed by atoms with E-state index in [1.807, 2.05) is 6.92 Å². The van der Waals surface area contributed by atoms with E-state index in [-0.39, 0.29) is 24.2 Å². The molecule has 1 aromatic rings. The minimum atomic E-state index is -0.782. The number of piperidine rings is 1. The van der Waals surface area contributed by atoms with Crippen LogP contribution in [0.3, 0.4) is 0 Å². The summed E-state index contributed by atoms with van der Waals surface area (Å²) in [5.74, 6) is -0.268. The standard InChI is InChI=1S/C14H18BrNO4/c1-9(7-13(17)18)10-3-2-6-16(8-10)14(19)11-4-5-12(15)20-11/h4-5,9-10H,2-3,6-8H2,1H3,(H,17,18). The molecule has 0 saturated carbocycles. The lowest BCUT2D eigenvalue weighted by atomic mass is 9.84. The Hall–Kier alpha value is -1.30. The Morgan fingerprint density at radius 3 is 2.90 bits per heavy atom. The molecule has 0 aliphatic carbocycles. The summed E-state index contributed by atoms with van der Waals surface area (Å²) in [6.07, 6.45) is 2.03. The van der Waals surface area contributed by atoms with Crippen molar-refractivity contribution in [3.63, 3.8) is 0 Å². The van der Waals surface area contributed by atoms with Gasteiger partial charge in [0.2, 0.25) is 0 Å². The highest BCUT2D eigenvalue weighted by atomic mass is 79.9. The first-order valence-electron chi connectivity index (χ1n) is 6.73. The first kappa shape index (κ1) is 15.1. The lowest BCUT2D eigenvalue weighted by Gasteiger charge is -2.35. The van der Waals surface area contributed by atoms with Gasteiger partial charge in [0, 0.05) is 19.5 Å². The molecule has 0 aromatic carbocycles. The van der Waals surface area contributed by atoms with Crippen LogP contribution in [0.1, 0.15) is 36.7 Å². The molecule has 1 fully saturated rings.